The molecule has 0 fully saturated rings. The molecule has 0 aromatic heterocycles. The van der Waals surface area contributed by atoms with Crippen molar-refractivity contribution < 1.29 is 0 Å². The molecule has 0 heteroatoms. The Morgan fingerprint density at radius 2 is 1.12 bits per heavy atom. The van der Waals surface area contributed by atoms with Crippen molar-refractivity contribution in [3.63, 3.8) is 0 Å². The first-order chi connectivity index (χ1) is 8.24. The first kappa shape index (κ1) is 21.5. The summed E-state index contributed by atoms with van der Waals surface area (Å²) in [7, 11) is 0. The third-order valence-corrected chi connectivity index (χ3v) is 2.02. The largest absolute Gasteiger partial charge is 0.103 e. The van der Waals surface area contributed by atoms with E-state index >= 15 is 0 Å². The maximum Gasteiger partial charge on any atom is -0.0353 e. The Morgan fingerprint density at radius 1 is 0.706 bits per heavy atom. The van der Waals surface area contributed by atoms with Crippen molar-refractivity contribution in [2.75, 3.05) is 0 Å². The van der Waals surface area contributed by atoms with Gasteiger partial charge >= 0.3 is 0 Å². The van der Waals surface area contributed by atoms with Crippen molar-refractivity contribution in [3.05, 3.63) is 38.0 Å². The van der Waals surface area contributed by atoms with Crippen molar-refractivity contribution in [2.24, 2.45) is 0 Å². The molecule has 0 atom stereocenters. The zero-order chi connectivity index (χ0) is 13.8. The summed E-state index contributed by atoms with van der Waals surface area (Å²) in [6, 6.07) is 0. The van der Waals surface area contributed by atoms with E-state index in [2.05, 4.69) is 33.6 Å². The monoisotopic (exact) mass is 238 g/mol. The molecule has 0 N–H and O–H groups in total. The Hall–Kier alpha value is -0.780. The molecule has 0 aromatic rings. The average Bonchev–Trinajstić information content (AvgIpc) is 2.34. The van der Waals surface area contributed by atoms with Gasteiger partial charge in [-0.25, -0.2) is 0 Å². The van der Waals surface area contributed by atoms with E-state index in [9.17, 15) is 0 Å². The summed E-state index contributed by atoms with van der Waals surface area (Å²) >= 11 is 0. The molecule has 0 aliphatic rings. The van der Waals surface area contributed by atoms with Crippen LogP contribution in [-0.4, -0.2) is 0 Å². The lowest BCUT2D eigenvalue weighted by molar-refractivity contribution is 0.675. The fourth-order valence-electron chi connectivity index (χ4n) is 1.06. The minimum absolute atomic E-state index is 1.18. The maximum atomic E-state index is 3.66. The van der Waals surface area contributed by atoms with Gasteiger partial charge in [0.25, 0.3) is 0 Å². The third-order valence-electron chi connectivity index (χ3n) is 2.02. The molecule has 0 aromatic carbocycles. The van der Waals surface area contributed by atoms with Crippen LogP contribution in [0.25, 0.3) is 0 Å². The standard InChI is InChI=1S/C8H16.C6H12.C3H6/c1-3-5-7-8-6-4-2;1-3-5-6-4-2;1-3-2/h3H,1,4-8H2,2H3;3H,1,4-6H2,2H3;3H,1H2,2H3. The topological polar surface area (TPSA) is 0 Å². The molecule has 0 saturated carbocycles. The fraction of sp³-hybridized carbons (Fsp3) is 0.647. The summed E-state index contributed by atoms with van der Waals surface area (Å²) in [5, 5.41) is 0. The smallest absolute Gasteiger partial charge is 0.0353 e. The van der Waals surface area contributed by atoms with Crippen LogP contribution in [0.3, 0.4) is 0 Å². The van der Waals surface area contributed by atoms with E-state index in [1.54, 1.807) is 6.08 Å². The van der Waals surface area contributed by atoms with Crippen LogP contribution in [0.5, 0.6) is 0 Å². The summed E-state index contributed by atoms with van der Waals surface area (Å²) in [5.74, 6) is 0. The summed E-state index contributed by atoms with van der Waals surface area (Å²) < 4.78 is 0. The molecule has 0 unspecified atom stereocenters. The van der Waals surface area contributed by atoms with E-state index in [4.69, 9.17) is 0 Å². The highest BCUT2D eigenvalue weighted by atomic mass is 13.9. The SMILES string of the molecule is C=CC.C=CCCCC.C=CCCCCCC. The molecular weight excluding hydrogens is 204 g/mol. The van der Waals surface area contributed by atoms with Crippen molar-refractivity contribution in [2.45, 2.75) is 72.1 Å². The number of allylic oxidation sites excluding steroid dienone is 3. The molecular formula is C17H34. The second kappa shape index (κ2) is 29.5. The molecule has 0 amide bonds. The van der Waals surface area contributed by atoms with Gasteiger partial charge in [-0.1, -0.05) is 64.2 Å². The van der Waals surface area contributed by atoms with Gasteiger partial charge in [-0.3, -0.25) is 0 Å². The van der Waals surface area contributed by atoms with Gasteiger partial charge in [-0.05, 0) is 26.2 Å². The van der Waals surface area contributed by atoms with Gasteiger partial charge in [0.2, 0.25) is 0 Å². The summed E-state index contributed by atoms with van der Waals surface area (Å²) in [6.07, 6.45) is 16.1. The number of hydrogen-bond acceptors (Lipinski definition) is 0. The molecule has 0 rings (SSSR count). The van der Waals surface area contributed by atoms with Gasteiger partial charge in [0.1, 0.15) is 0 Å². The van der Waals surface area contributed by atoms with Crippen LogP contribution < -0.4 is 0 Å². The highest BCUT2D eigenvalue weighted by molar-refractivity contribution is 4.65. The molecule has 0 aliphatic carbocycles. The van der Waals surface area contributed by atoms with Crippen LogP contribution in [0, 0.1) is 0 Å². The second-order valence-corrected chi connectivity index (χ2v) is 3.98. The minimum Gasteiger partial charge on any atom is -0.103 e. The van der Waals surface area contributed by atoms with Crippen molar-refractivity contribution in [1.82, 2.24) is 0 Å². The van der Waals surface area contributed by atoms with Crippen LogP contribution in [-0.2, 0) is 0 Å². The lowest BCUT2D eigenvalue weighted by atomic mass is 10.2. The Morgan fingerprint density at radius 3 is 1.41 bits per heavy atom. The van der Waals surface area contributed by atoms with Crippen molar-refractivity contribution in [3.8, 4) is 0 Å². The molecule has 0 saturated heterocycles. The summed E-state index contributed by atoms with van der Waals surface area (Å²) in [6.45, 7) is 16.9. The lowest BCUT2D eigenvalue weighted by Crippen LogP contribution is -1.71. The van der Waals surface area contributed by atoms with E-state index in [1.807, 2.05) is 19.1 Å². The zero-order valence-corrected chi connectivity index (χ0v) is 12.5. The normalized spacial score (nSPS) is 7.94. The van der Waals surface area contributed by atoms with Crippen LogP contribution in [0.1, 0.15) is 72.1 Å². The first-order valence-electron chi connectivity index (χ1n) is 7.03. The Kier molecular flexibility index (Phi) is 37.3. The maximum absolute atomic E-state index is 3.66. The first-order valence-corrected chi connectivity index (χ1v) is 7.03. The third kappa shape index (κ3) is 51.0. The van der Waals surface area contributed by atoms with E-state index in [0.717, 1.165) is 0 Å². The minimum atomic E-state index is 1.18. The molecule has 0 nitrogen and oxygen atoms in total. The zero-order valence-electron chi connectivity index (χ0n) is 12.5. The van der Waals surface area contributed by atoms with Crippen LogP contribution in [0.15, 0.2) is 38.0 Å². The molecule has 0 radical (unpaired) electrons. The number of unbranched alkanes of at least 4 members (excludes halogenated alkanes) is 6. The molecule has 0 heterocycles. The van der Waals surface area contributed by atoms with Gasteiger partial charge in [0.05, 0.1) is 0 Å². The van der Waals surface area contributed by atoms with Crippen LogP contribution in [0.4, 0.5) is 0 Å². The molecule has 0 bridgehead atoms. The lowest BCUT2D eigenvalue weighted by Gasteiger charge is -1.91. The molecule has 0 spiro atoms. The molecule has 0 aliphatic heterocycles. The fourth-order valence-corrected chi connectivity index (χ4v) is 1.06. The summed E-state index contributed by atoms with van der Waals surface area (Å²) in [5.41, 5.74) is 0. The molecule has 17 heavy (non-hydrogen) atoms. The highest BCUT2D eigenvalue weighted by Crippen LogP contribution is 2.01. The summed E-state index contributed by atoms with van der Waals surface area (Å²) in [4.78, 5) is 0. The molecule has 102 valence electrons. The number of hydrogen-bond donors (Lipinski definition) is 0. The number of rotatable bonds is 8. The van der Waals surface area contributed by atoms with Crippen LogP contribution >= 0.6 is 0 Å². The van der Waals surface area contributed by atoms with Gasteiger partial charge in [-0.15, -0.1) is 19.7 Å². The quantitative estimate of drug-likeness (QED) is 0.326. The van der Waals surface area contributed by atoms with E-state index < -0.39 is 0 Å². The van der Waals surface area contributed by atoms with Gasteiger partial charge in [-0.2, -0.15) is 0 Å². The Balaban J connectivity index is -0.000000193. The predicted molar refractivity (Wildman–Crippen MR) is 84.5 cm³/mol. The van der Waals surface area contributed by atoms with Crippen LogP contribution in [0.2, 0.25) is 0 Å². The van der Waals surface area contributed by atoms with Gasteiger partial charge in [0, 0.05) is 0 Å². The Bertz CT molecular complexity index is 133. The second-order valence-electron chi connectivity index (χ2n) is 3.98. The van der Waals surface area contributed by atoms with E-state index in [0.29, 0.717) is 0 Å². The van der Waals surface area contributed by atoms with E-state index in [-0.39, 0.29) is 0 Å². The van der Waals surface area contributed by atoms with Gasteiger partial charge < -0.3 is 0 Å². The highest BCUT2D eigenvalue weighted by Gasteiger charge is 1.81. The van der Waals surface area contributed by atoms with Crippen molar-refractivity contribution in [1.29, 1.82) is 0 Å². The van der Waals surface area contributed by atoms with Crippen molar-refractivity contribution >= 4 is 0 Å². The average molecular weight is 238 g/mol. The van der Waals surface area contributed by atoms with Gasteiger partial charge in [0.15, 0.2) is 0 Å². The van der Waals surface area contributed by atoms with E-state index in [1.165, 1.54) is 51.4 Å². The Labute approximate surface area is 111 Å². The predicted octanol–water partition coefficient (Wildman–Crippen LogP) is 6.70.